The average Bonchev–Trinajstić information content (AvgIpc) is 3.28. The maximum Gasteiger partial charge on any atom is 0.222 e. The van der Waals surface area contributed by atoms with E-state index in [1.807, 2.05) is 6.92 Å². The Bertz CT molecular complexity index is 721. The van der Waals surface area contributed by atoms with Crippen LogP contribution in [0.5, 0.6) is 0 Å². The van der Waals surface area contributed by atoms with Crippen LogP contribution in [-0.2, 0) is 11.3 Å². The van der Waals surface area contributed by atoms with Crippen molar-refractivity contribution >= 4 is 11.8 Å². The molecule has 1 atom stereocenters. The van der Waals surface area contributed by atoms with Crippen LogP contribution in [0.25, 0.3) is 0 Å². The molecule has 2 aromatic rings. The lowest BCUT2D eigenvalue weighted by atomic mass is 10.0. The molecule has 0 aromatic carbocycles. The van der Waals surface area contributed by atoms with Crippen LogP contribution in [0.15, 0.2) is 10.7 Å². The van der Waals surface area contributed by atoms with E-state index in [9.17, 15) is 0 Å². The van der Waals surface area contributed by atoms with Crippen molar-refractivity contribution in [3.63, 3.8) is 0 Å². The van der Waals surface area contributed by atoms with Crippen LogP contribution in [-0.4, -0.2) is 64.6 Å². The quantitative estimate of drug-likeness (QED) is 0.851. The summed E-state index contributed by atoms with van der Waals surface area (Å²) in [7, 11) is 0. The summed E-state index contributed by atoms with van der Waals surface area (Å²) in [5.74, 6) is 1.58. The zero-order chi connectivity index (χ0) is 17.2. The number of aromatic nitrogens is 4. The molecular weight excluding hydrogens is 322 g/mol. The number of hydrogen-bond donors (Lipinski definition) is 1. The van der Waals surface area contributed by atoms with Crippen molar-refractivity contribution < 1.29 is 9.37 Å². The van der Waals surface area contributed by atoms with E-state index in [-0.39, 0.29) is 0 Å². The van der Waals surface area contributed by atoms with E-state index in [1.165, 1.54) is 0 Å². The summed E-state index contributed by atoms with van der Waals surface area (Å²) < 4.78 is 10.2. The maximum atomic E-state index is 5.94. The van der Waals surface area contributed by atoms with Crippen LogP contribution in [0, 0.1) is 6.92 Å². The molecule has 4 heterocycles. The minimum absolute atomic E-state index is 0.327. The van der Waals surface area contributed by atoms with Crippen molar-refractivity contribution in [2.45, 2.75) is 25.8 Å². The van der Waals surface area contributed by atoms with Gasteiger partial charge in [-0.3, -0.25) is 4.90 Å². The van der Waals surface area contributed by atoms with Gasteiger partial charge in [0.15, 0.2) is 0 Å². The van der Waals surface area contributed by atoms with Crippen LogP contribution in [0.4, 0.5) is 11.8 Å². The normalized spacial score (nSPS) is 21.8. The highest BCUT2D eigenvalue weighted by atomic mass is 16.6. The molecule has 2 aromatic heterocycles. The van der Waals surface area contributed by atoms with Crippen molar-refractivity contribution in [2.75, 3.05) is 50.0 Å². The van der Waals surface area contributed by atoms with Gasteiger partial charge in [0.1, 0.15) is 17.2 Å². The summed E-state index contributed by atoms with van der Waals surface area (Å²) in [6, 6.07) is 2.07. The van der Waals surface area contributed by atoms with Crippen molar-refractivity contribution in [2.24, 2.45) is 0 Å². The largest absolute Gasteiger partial charge is 0.381 e. The monoisotopic (exact) mass is 345 g/mol. The average molecular weight is 345 g/mol. The molecule has 0 aliphatic carbocycles. The Morgan fingerprint density at radius 1 is 1.20 bits per heavy atom. The molecule has 25 heavy (non-hydrogen) atoms. The molecule has 0 saturated carbocycles. The topological polar surface area (TPSA) is 106 Å². The smallest absolute Gasteiger partial charge is 0.222 e. The van der Waals surface area contributed by atoms with Gasteiger partial charge in [-0.1, -0.05) is 10.3 Å². The lowest BCUT2D eigenvalue weighted by molar-refractivity contribution is 0.193. The molecule has 0 amide bonds. The molecule has 2 aliphatic rings. The van der Waals surface area contributed by atoms with Crippen LogP contribution < -0.4 is 10.6 Å². The molecule has 0 unspecified atom stereocenters. The van der Waals surface area contributed by atoms with Gasteiger partial charge in [-0.2, -0.15) is 4.98 Å². The van der Waals surface area contributed by atoms with E-state index in [4.69, 9.17) is 15.1 Å². The van der Waals surface area contributed by atoms with Gasteiger partial charge in [-0.05, 0) is 13.3 Å². The fourth-order valence-electron chi connectivity index (χ4n) is 3.35. The fraction of sp³-hybridized carbons (Fsp3) is 0.625. The molecule has 2 saturated heterocycles. The number of anilines is 2. The van der Waals surface area contributed by atoms with Gasteiger partial charge in [-0.15, -0.1) is 0 Å². The van der Waals surface area contributed by atoms with E-state index in [1.54, 1.807) is 0 Å². The van der Waals surface area contributed by atoms with Crippen LogP contribution in [0.1, 0.15) is 29.4 Å². The molecule has 2 N–H and O–H groups in total. The summed E-state index contributed by atoms with van der Waals surface area (Å²) in [5, 5.41) is 7.80. The third kappa shape index (κ3) is 3.57. The summed E-state index contributed by atoms with van der Waals surface area (Å²) >= 11 is 0. The first-order valence-corrected chi connectivity index (χ1v) is 8.66. The van der Waals surface area contributed by atoms with E-state index in [0.717, 1.165) is 75.3 Å². The lowest BCUT2D eigenvalue weighted by Gasteiger charge is -2.35. The number of nitrogens with two attached hydrogens (primary N) is 1. The third-order valence-corrected chi connectivity index (χ3v) is 4.91. The summed E-state index contributed by atoms with van der Waals surface area (Å²) in [6.07, 6.45) is 0.995. The second kappa shape index (κ2) is 6.93. The van der Waals surface area contributed by atoms with Crippen LogP contribution in [0.2, 0.25) is 0 Å². The Balaban J connectivity index is 1.41. The van der Waals surface area contributed by atoms with E-state index < -0.39 is 0 Å². The first-order chi connectivity index (χ1) is 12.2. The first-order valence-electron chi connectivity index (χ1n) is 8.66. The van der Waals surface area contributed by atoms with Crippen LogP contribution in [0.3, 0.4) is 0 Å². The zero-order valence-corrected chi connectivity index (χ0v) is 14.4. The zero-order valence-electron chi connectivity index (χ0n) is 14.4. The third-order valence-electron chi connectivity index (χ3n) is 4.91. The Morgan fingerprint density at radius 3 is 2.72 bits per heavy atom. The van der Waals surface area contributed by atoms with Gasteiger partial charge < -0.3 is 15.4 Å². The minimum Gasteiger partial charge on any atom is -0.381 e. The highest BCUT2D eigenvalue weighted by Crippen LogP contribution is 2.27. The fourth-order valence-corrected chi connectivity index (χ4v) is 3.35. The van der Waals surface area contributed by atoms with Crippen molar-refractivity contribution in [1.29, 1.82) is 0 Å². The lowest BCUT2D eigenvalue weighted by Crippen LogP contribution is -2.46. The molecule has 0 radical (unpaired) electrons. The Hall–Kier alpha value is -2.26. The number of hydrogen-bond acceptors (Lipinski definition) is 9. The number of rotatable bonds is 4. The Morgan fingerprint density at radius 2 is 2.04 bits per heavy atom. The molecule has 0 bridgehead atoms. The highest BCUT2D eigenvalue weighted by molar-refractivity contribution is 5.45. The van der Waals surface area contributed by atoms with Gasteiger partial charge in [0, 0.05) is 51.3 Å². The molecule has 9 nitrogen and oxygen atoms in total. The van der Waals surface area contributed by atoms with Gasteiger partial charge in [0.25, 0.3) is 0 Å². The second-order valence-electron chi connectivity index (χ2n) is 6.63. The second-order valence-corrected chi connectivity index (χ2v) is 6.63. The van der Waals surface area contributed by atoms with Gasteiger partial charge in [-0.25, -0.2) is 9.61 Å². The molecule has 0 spiro atoms. The number of nitrogens with zero attached hydrogens (tertiary/aromatic N) is 6. The predicted octanol–water partition coefficient (Wildman–Crippen LogP) is 0.576. The molecule has 2 fully saturated rings. The van der Waals surface area contributed by atoms with Crippen molar-refractivity contribution in [3.8, 4) is 0 Å². The predicted molar refractivity (Wildman–Crippen MR) is 91.1 cm³/mol. The van der Waals surface area contributed by atoms with Gasteiger partial charge >= 0.3 is 0 Å². The Labute approximate surface area is 146 Å². The number of ether oxygens (including phenoxy) is 1. The van der Waals surface area contributed by atoms with Gasteiger partial charge in [0.2, 0.25) is 5.95 Å². The van der Waals surface area contributed by atoms with Crippen LogP contribution >= 0.6 is 0 Å². The number of piperazine rings is 1. The van der Waals surface area contributed by atoms with Crippen molar-refractivity contribution in [1.82, 2.24) is 25.2 Å². The standard InChI is InChI=1S/C16H23N7O2/c1-11-14(21-25-20-11)9-22-3-5-23(6-4-22)15-8-13(18-16(17)19-15)12-2-7-24-10-12/h8,12H,2-7,9-10H2,1H3,(H2,17,18,19)/t12-/m1/s1. The molecular formula is C16H23N7O2. The number of aryl methyl sites for hydroxylation is 1. The Kier molecular flexibility index (Phi) is 4.50. The molecule has 4 rings (SSSR count). The summed E-state index contributed by atoms with van der Waals surface area (Å²) in [5.41, 5.74) is 8.70. The first kappa shape index (κ1) is 16.2. The van der Waals surface area contributed by atoms with E-state index in [0.29, 0.717) is 11.9 Å². The molecule has 134 valence electrons. The van der Waals surface area contributed by atoms with E-state index in [2.05, 4.69) is 36.1 Å². The van der Waals surface area contributed by atoms with Crippen molar-refractivity contribution in [3.05, 3.63) is 23.1 Å². The van der Waals surface area contributed by atoms with Gasteiger partial charge in [0.05, 0.1) is 12.3 Å². The number of nitrogen functional groups attached to an aromatic ring is 1. The minimum atomic E-state index is 0.327. The molecule has 9 heteroatoms. The maximum absolute atomic E-state index is 5.94. The SMILES string of the molecule is Cc1nonc1CN1CCN(c2cc([C@@H]3CCOC3)nc(N)n2)CC1. The van der Waals surface area contributed by atoms with E-state index >= 15 is 0 Å². The molecule has 2 aliphatic heterocycles. The summed E-state index contributed by atoms with van der Waals surface area (Å²) in [6.45, 7) is 7.83. The highest BCUT2D eigenvalue weighted by Gasteiger charge is 2.24. The summed E-state index contributed by atoms with van der Waals surface area (Å²) in [4.78, 5) is 13.5.